The van der Waals surface area contributed by atoms with Gasteiger partial charge in [-0.1, -0.05) is 0 Å². The topological polar surface area (TPSA) is 81.4 Å². The van der Waals surface area contributed by atoms with E-state index in [4.69, 9.17) is 5.73 Å². The summed E-state index contributed by atoms with van der Waals surface area (Å²) in [4.78, 5) is 22.3. The molecule has 1 aliphatic carbocycles. The van der Waals surface area contributed by atoms with Gasteiger partial charge < -0.3 is 15.8 Å². The van der Waals surface area contributed by atoms with Gasteiger partial charge in [0, 0.05) is 18.2 Å². The summed E-state index contributed by atoms with van der Waals surface area (Å²) in [5.74, 6) is 1.29. The fourth-order valence-corrected chi connectivity index (χ4v) is 2.23. The van der Waals surface area contributed by atoms with E-state index in [1.165, 1.54) is 7.11 Å². The van der Waals surface area contributed by atoms with Gasteiger partial charge in [0.15, 0.2) is 0 Å². The second kappa shape index (κ2) is 7.55. The molecule has 0 heterocycles. The van der Waals surface area contributed by atoms with Crippen LogP contribution >= 0.6 is 11.8 Å². The van der Waals surface area contributed by atoms with Gasteiger partial charge in [-0.15, -0.1) is 0 Å². The molecule has 0 spiro atoms. The van der Waals surface area contributed by atoms with Crippen molar-refractivity contribution in [3.63, 3.8) is 0 Å². The third-order valence-corrected chi connectivity index (χ3v) is 3.51. The summed E-state index contributed by atoms with van der Waals surface area (Å²) in [6.07, 6.45) is 3.36. The van der Waals surface area contributed by atoms with Crippen molar-refractivity contribution in [3.05, 3.63) is 0 Å². The number of rotatable bonds is 8. The first-order valence-electron chi connectivity index (χ1n) is 5.84. The zero-order valence-electron chi connectivity index (χ0n) is 10.1. The Kier molecular flexibility index (Phi) is 6.36. The SMILES string of the molecule is COC(=O)C(N)CCSCCC(=O)NC1CC1. The number of hydrogen-bond donors (Lipinski definition) is 2. The Hall–Kier alpha value is -0.750. The van der Waals surface area contributed by atoms with E-state index in [9.17, 15) is 9.59 Å². The number of hydrogen-bond acceptors (Lipinski definition) is 5. The number of nitrogens with two attached hydrogens (primary N) is 1. The van der Waals surface area contributed by atoms with Gasteiger partial charge in [-0.25, -0.2) is 0 Å². The van der Waals surface area contributed by atoms with E-state index in [-0.39, 0.29) is 11.9 Å². The summed E-state index contributed by atoms with van der Waals surface area (Å²) in [5, 5.41) is 2.93. The smallest absolute Gasteiger partial charge is 0.322 e. The van der Waals surface area contributed by atoms with E-state index >= 15 is 0 Å². The van der Waals surface area contributed by atoms with E-state index in [0.717, 1.165) is 24.3 Å². The number of carbonyl (C=O) groups is 2. The fourth-order valence-electron chi connectivity index (χ4n) is 1.27. The molecule has 1 aliphatic rings. The predicted octanol–water partition coefficient (Wildman–Crippen LogP) is 0.279. The fraction of sp³-hybridized carbons (Fsp3) is 0.818. The highest BCUT2D eigenvalue weighted by Gasteiger charge is 2.22. The normalized spacial score (nSPS) is 16.4. The van der Waals surface area contributed by atoms with Crippen molar-refractivity contribution in [1.82, 2.24) is 5.32 Å². The number of ether oxygens (including phenoxy) is 1. The Bertz CT molecular complexity index is 269. The van der Waals surface area contributed by atoms with E-state index in [1.807, 2.05) is 0 Å². The Balaban J connectivity index is 1.92. The van der Waals surface area contributed by atoms with Crippen LogP contribution in [-0.2, 0) is 14.3 Å². The minimum Gasteiger partial charge on any atom is -0.468 e. The standard InChI is InChI=1S/C11H20N2O3S/c1-16-11(15)9(12)4-6-17-7-5-10(14)13-8-2-3-8/h8-9H,2-7,12H2,1H3,(H,13,14). The van der Waals surface area contributed by atoms with Crippen LogP contribution in [0.3, 0.4) is 0 Å². The highest BCUT2D eigenvalue weighted by molar-refractivity contribution is 7.99. The summed E-state index contributed by atoms with van der Waals surface area (Å²) in [5.41, 5.74) is 5.58. The van der Waals surface area contributed by atoms with Crippen LogP contribution in [0.15, 0.2) is 0 Å². The molecule has 98 valence electrons. The molecule has 5 nitrogen and oxygen atoms in total. The van der Waals surface area contributed by atoms with Gasteiger partial charge in [0.1, 0.15) is 6.04 Å². The predicted molar refractivity (Wildman–Crippen MR) is 67.7 cm³/mol. The maximum absolute atomic E-state index is 11.3. The third kappa shape index (κ3) is 6.53. The molecule has 3 N–H and O–H groups in total. The van der Waals surface area contributed by atoms with E-state index in [1.54, 1.807) is 11.8 Å². The van der Waals surface area contributed by atoms with Gasteiger partial charge in [-0.3, -0.25) is 9.59 Å². The summed E-state index contributed by atoms with van der Waals surface area (Å²) >= 11 is 1.64. The van der Waals surface area contributed by atoms with Crippen molar-refractivity contribution in [3.8, 4) is 0 Å². The zero-order valence-corrected chi connectivity index (χ0v) is 10.9. The molecule has 1 saturated carbocycles. The number of methoxy groups -OCH3 is 1. The Morgan fingerprint density at radius 1 is 1.47 bits per heavy atom. The van der Waals surface area contributed by atoms with Crippen LogP contribution in [0.2, 0.25) is 0 Å². The molecule has 1 atom stereocenters. The first-order chi connectivity index (χ1) is 8.13. The van der Waals surface area contributed by atoms with Crippen LogP contribution < -0.4 is 11.1 Å². The molecule has 0 radical (unpaired) electrons. The maximum Gasteiger partial charge on any atom is 0.322 e. The van der Waals surface area contributed by atoms with Crippen molar-refractivity contribution in [2.75, 3.05) is 18.6 Å². The lowest BCUT2D eigenvalue weighted by molar-refractivity contribution is -0.142. The molecule has 0 aromatic heterocycles. The number of thioether (sulfide) groups is 1. The lowest BCUT2D eigenvalue weighted by Gasteiger charge is -2.08. The average molecular weight is 260 g/mol. The molecule has 17 heavy (non-hydrogen) atoms. The minimum absolute atomic E-state index is 0.122. The first kappa shape index (κ1) is 14.3. The average Bonchev–Trinajstić information content (AvgIpc) is 3.11. The van der Waals surface area contributed by atoms with Crippen LogP contribution in [0.1, 0.15) is 25.7 Å². The molecule has 0 aromatic rings. The molecule has 0 bridgehead atoms. The molecule has 1 amide bonds. The summed E-state index contributed by atoms with van der Waals surface area (Å²) in [7, 11) is 1.33. The molecule has 6 heteroatoms. The zero-order chi connectivity index (χ0) is 12.7. The number of amides is 1. The van der Waals surface area contributed by atoms with Gasteiger partial charge in [-0.05, 0) is 25.0 Å². The molecule has 0 aliphatic heterocycles. The summed E-state index contributed by atoms with van der Waals surface area (Å²) in [6, 6.07) is -0.118. The first-order valence-corrected chi connectivity index (χ1v) is 6.99. The molecule has 1 unspecified atom stereocenters. The summed E-state index contributed by atoms with van der Waals surface area (Å²) < 4.78 is 4.52. The number of nitrogens with one attached hydrogen (secondary N) is 1. The van der Waals surface area contributed by atoms with Gasteiger partial charge in [-0.2, -0.15) is 11.8 Å². The quantitative estimate of drug-likeness (QED) is 0.484. The van der Waals surface area contributed by atoms with E-state index < -0.39 is 6.04 Å². The largest absolute Gasteiger partial charge is 0.468 e. The van der Waals surface area contributed by atoms with Gasteiger partial charge in [0.25, 0.3) is 0 Å². The third-order valence-electron chi connectivity index (χ3n) is 2.49. The van der Waals surface area contributed by atoms with Gasteiger partial charge >= 0.3 is 5.97 Å². The van der Waals surface area contributed by atoms with E-state index in [0.29, 0.717) is 18.9 Å². The van der Waals surface area contributed by atoms with Gasteiger partial charge in [0.2, 0.25) is 5.91 Å². The van der Waals surface area contributed by atoms with Crippen molar-refractivity contribution in [2.24, 2.45) is 5.73 Å². The Morgan fingerprint density at radius 3 is 2.76 bits per heavy atom. The van der Waals surface area contributed by atoms with Crippen LogP contribution in [0.5, 0.6) is 0 Å². The molecule has 0 aromatic carbocycles. The Morgan fingerprint density at radius 2 is 2.18 bits per heavy atom. The van der Waals surface area contributed by atoms with Crippen LogP contribution in [0.25, 0.3) is 0 Å². The lowest BCUT2D eigenvalue weighted by atomic mass is 10.2. The molecular weight excluding hydrogens is 240 g/mol. The molecule has 1 rings (SSSR count). The van der Waals surface area contributed by atoms with Crippen molar-refractivity contribution < 1.29 is 14.3 Å². The molecule has 0 saturated heterocycles. The highest BCUT2D eigenvalue weighted by Crippen LogP contribution is 2.18. The second-order valence-electron chi connectivity index (χ2n) is 4.12. The Labute approximate surface area is 106 Å². The highest BCUT2D eigenvalue weighted by atomic mass is 32.2. The monoisotopic (exact) mass is 260 g/mol. The van der Waals surface area contributed by atoms with Crippen molar-refractivity contribution in [1.29, 1.82) is 0 Å². The second-order valence-corrected chi connectivity index (χ2v) is 5.35. The minimum atomic E-state index is -0.548. The van der Waals surface area contributed by atoms with Crippen molar-refractivity contribution in [2.45, 2.75) is 37.8 Å². The van der Waals surface area contributed by atoms with Crippen LogP contribution in [0, 0.1) is 0 Å². The van der Waals surface area contributed by atoms with Crippen LogP contribution in [0.4, 0.5) is 0 Å². The van der Waals surface area contributed by atoms with Crippen molar-refractivity contribution >= 4 is 23.6 Å². The number of esters is 1. The summed E-state index contributed by atoms with van der Waals surface area (Å²) in [6.45, 7) is 0. The van der Waals surface area contributed by atoms with Crippen LogP contribution in [-0.4, -0.2) is 42.6 Å². The molecular formula is C11H20N2O3S. The molecule has 1 fully saturated rings. The maximum atomic E-state index is 11.3. The number of carbonyl (C=O) groups excluding carboxylic acids is 2. The van der Waals surface area contributed by atoms with E-state index in [2.05, 4.69) is 10.1 Å². The lowest BCUT2D eigenvalue weighted by Crippen LogP contribution is -2.32. The van der Waals surface area contributed by atoms with Gasteiger partial charge in [0.05, 0.1) is 7.11 Å².